The van der Waals surface area contributed by atoms with E-state index < -0.39 is 0 Å². The first-order valence-corrected chi connectivity index (χ1v) is 5.24. The van der Waals surface area contributed by atoms with Crippen LogP contribution in [0.2, 0.25) is 0 Å². The zero-order valence-corrected chi connectivity index (χ0v) is 9.00. The highest BCUT2D eigenvalue weighted by Gasteiger charge is 2.02. The van der Waals surface area contributed by atoms with Gasteiger partial charge >= 0.3 is 0 Å². The summed E-state index contributed by atoms with van der Waals surface area (Å²) in [6.07, 6.45) is 4.51. The zero-order chi connectivity index (χ0) is 11.1. The summed E-state index contributed by atoms with van der Waals surface area (Å²) in [5.41, 5.74) is 0.612. The van der Waals surface area contributed by atoms with Crippen LogP contribution in [0.1, 0.15) is 12.8 Å². The van der Waals surface area contributed by atoms with Crippen LogP contribution in [0.3, 0.4) is 0 Å². The second-order valence-electron chi connectivity index (χ2n) is 3.07. The Kier molecular flexibility index (Phi) is 5.10. The third kappa shape index (κ3) is 4.29. The molecule has 0 spiro atoms. The van der Waals surface area contributed by atoms with Gasteiger partial charge in [0, 0.05) is 12.7 Å². The van der Waals surface area contributed by atoms with E-state index in [1.165, 1.54) is 0 Å². The lowest BCUT2D eigenvalue weighted by molar-refractivity contribution is -0.113. The standard InChI is InChI=1S/C9H13ClFN3O/c10-5-9(15)13-8-6-12-14(7-8)4-2-1-3-11/h6-7H,1-5H2,(H,13,15). The summed E-state index contributed by atoms with van der Waals surface area (Å²) < 4.78 is 13.5. The number of aromatic nitrogens is 2. The number of rotatable bonds is 6. The summed E-state index contributed by atoms with van der Waals surface area (Å²) in [6.45, 7) is 0.345. The highest BCUT2D eigenvalue weighted by Crippen LogP contribution is 2.06. The van der Waals surface area contributed by atoms with Crippen LogP contribution in [-0.4, -0.2) is 28.2 Å². The molecule has 0 bridgehead atoms. The lowest BCUT2D eigenvalue weighted by Crippen LogP contribution is -2.11. The maximum Gasteiger partial charge on any atom is 0.239 e. The van der Waals surface area contributed by atoms with E-state index in [9.17, 15) is 9.18 Å². The van der Waals surface area contributed by atoms with Crippen molar-refractivity contribution >= 4 is 23.2 Å². The van der Waals surface area contributed by atoms with E-state index in [0.29, 0.717) is 18.7 Å². The molecule has 0 aliphatic carbocycles. The Bertz CT molecular complexity index is 316. The van der Waals surface area contributed by atoms with Crippen LogP contribution in [0.5, 0.6) is 0 Å². The Hall–Kier alpha value is -1.10. The molecule has 0 saturated carbocycles. The minimum atomic E-state index is -0.308. The molecule has 0 unspecified atom stereocenters. The lowest BCUT2D eigenvalue weighted by atomic mass is 10.3. The summed E-state index contributed by atoms with van der Waals surface area (Å²) in [7, 11) is 0. The van der Waals surface area contributed by atoms with Crippen molar-refractivity contribution in [2.24, 2.45) is 0 Å². The molecule has 1 heterocycles. The molecule has 1 aromatic rings. The first-order chi connectivity index (χ1) is 7.26. The largest absolute Gasteiger partial charge is 0.322 e. The van der Waals surface area contributed by atoms with Crippen molar-refractivity contribution in [1.29, 1.82) is 0 Å². The monoisotopic (exact) mass is 233 g/mol. The van der Waals surface area contributed by atoms with Crippen LogP contribution < -0.4 is 5.32 Å². The van der Waals surface area contributed by atoms with Crippen LogP contribution in [0.4, 0.5) is 10.1 Å². The smallest absolute Gasteiger partial charge is 0.239 e. The van der Waals surface area contributed by atoms with Gasteiger partial charge in [-0.05, 0) is 12.8 Å². The van der Waals surface area contributed by atoms with Crippen molar-refractivity contribution in [3.8, 4) is 0 Å². The Balaban J connectivity index is 2.38. The predicted octanol–water partition coefficient (Wildman–Crippen LogP) is 1.81. The third-order valence-electron chi connectivity index (χ3n) is 1.81. The molecule has 0 fully saturated rings. The minimum absolute atomic E-state index is 0.0764. The normalized spacial score (nSPS) is 10.3. The molecule has 0 aliphatic heterocycles. The zero-order valence-electron chi connectivity index (χ0n) is 8.25. The number of amides is 1. The summed E-state index contributed by atoms with van der Waals surface area (Å²) in [5.74, 6) is -0.340. The number of unbranched alkanes of at least 4 members (excludes halogenated alkanes) is 1. The predicted molar refractivity (Wildman–Crippen MR) is 56.8 cm³/mol. The van der Waals surface area contributed by atoms with Crippen LogP contribution in [0, 0.1) is 0 Å². The van der Waals surface area contributed by atoms with Gasteiger partial charge in [-0.25, -0.2) is 0 Å². The fourth-order valence-electron chi connectivity index (χ4n) is 1.11. The molecule has 1 amide bonds. The van der Waals surface area contributed by atoms with E-state index in [1.54, 1.807) is 17.1 Å². The topological polar surface area (TPSA) is 46.9 Å². The number of aryl methyl sites for hydroxylation is 1. The maximum atomic E-state index is 11.8. The van der Waals surface area contributed by atoms with E-state index in [4.69, 9.17) is 11.6 Å². The molecule has 1 N–H and O–H groups in total. The third-order valence-corrected chi connectivity index (χ3v) is 2.05. The second-order valence-corrected chi connectivity index (χ2v) is 3.34. The molecule has 0 saturated heterocycles. The molecular formula is C9H13ClFN3O. The molecule has 0 aromatic carbocycles. The van der Waals surface area contributed by atoms with Gasteiger partial charge in [-0.15, -0.1) is 11.6 Å². The van der Waals surface area contributed by atoms with E-state index in [-0.39, 0.29) is 18.5 Å². The molecule has 15 heavy (non-hydrogen) atoms. The van der Waals surface area contributed by atoms with E-state index in [2.05, 4.69) is 10.4 Å². The van der Waals surface area contributed by atoms with Crippen molar-refractivity contribution in [2.75, 3.05) is 17.9 Å². The highest BCUT2D eigenvalue weighted by atomic mass is 35.5. The van der Waals surface area contributed by atoms with Gasteiger partial charge in [-0.1, -0.05) is 0 Å². The van der Waals surface area contributed by atoms with E-state index >= 15 is 0 Å². The van der Waals surface area contributed by atoms with Gasteiger partial charge in [0.15, 0.2) is 0 Å². The molecule has 4 nitrogen and oxygen atoms in total. The Morgan fingerprint density at radius 3 is 3.07 bits per heavy atom. The van der Waals surface area contributed by atoms with Crippen molar-refractivity contribution in [3.05, 3.63) is 12.4 Å². The molecule has 0 radical (unpaired) electrons. The van der Waals surface area contributed by atoms with Gasteiger partial charge in [0.05, 0.1) is 18.6 Å². The van der Waals surface area contributed by atoms with E-state index in [0.717, 1.165) is 6.42 Å². The number of carbonyl (C=O) groups is 1. The van der Waals surface area contributed by atoms with Crippen LogP contribution in [-0.2, 0) is 11.3 Å². The maximum absolute atomic E-state index is 11.8. The van der Waals surface area contributed by atoms with Crippen molar-refractivity contribution in [1.82, 2.24) is 9.78 Å². The molecule has 1 rings (SSSR count). The number of nitrogens with one attached hydrogen (secondary N) is 1. The molecule has 0 atom stereocenters. The molecule has 0 aliphatic rings. The number of alkyl halides is 2. The molecule has 6 heteroatoms. The van der Waals surface area contributed by atoms with Gasteiger partial charge in [0.25, 0.3) is 0 Å². The van der Waals surface area contributed by atoms with Crippen LogP contribution >= 0.6 is 11.6 Å². The molecule has 84 valence electrons. The Morgan fingerprint density at radius 2 is 2.40 bits per heavy atom. The first kappa shape index (κ1) is 12.0. The number of halogens is 2. The van der Waals surface area contributed by atoms with Gasteiger partial charge in [-0.3, -0.25) is 13.9 Å². The average molecular weight is 234 g/mol. The van der Waals surface area contributed by atoms with Crippen molar-refractivity contribution in [3.63, 3.8) is 0 Å². The fraction of sp³-hybridized carbons (Fsp3) is 0.556. The Morgan fingerprint density at radius 1 is 1.60 bits per heavy atom. The Labute approximate surface area is 92.4 Å². The van der Waals surface area contributed by atoms with Gasteiger partial charge in [0.1, 0.15) is 5.88 Å². The molecular weight excluding hydrogens is 221 g/mol. The SMILES string of the molecule is O=C(CCl)Nc1cnn(CCCCF)c1. The fourth-order valence-corrected chi connectivity index (χ4v) is 1.18. The van der Waals surface area contributed by atoms with E-state index in [1.807, 2.05) is 0 Å². The number of nitrogens with zero attached hydrogens (tertiary/aromatic N) is 2. The summed E-state index contributed by atoms with van der Waals surface area (Å²) in [6, 6.07) is 0. The van der Waals surface area contributed by atoms with Gasteiger partial charge in [0.2, 0.25) is 5.91 Å². The second kappa shape index (κ2) is 6.40. The summed E-state index contributed by atoms with van der Waals surface area (Å²) in [4.78, 5) is 10.9. The van der Waals surface area contributed by atoms with Gasteiger partial charge < -0.3 is 5.32 Å². The average Bonchev–Trinajstić information content (AvgIpc) is 2.66. The number of hydrogen-bond donors (Lipinski definition) is 1. The number of hydrogen-bond acceptors (Lipinski definition) is 2. The summed E-state index contributed by atoms with van der Waals surface area (Å²) in [5, 5.41) is 6.59. The molecule has 1 aromatic heterocycles. The van der Waals surface area contributed by atoms with Crippen LogP contribution in [0.25, 0.3) is 0 Å². The van der Waals surface area contributed by atoms with Crippen LogP contribution in [0.15, 0.2) is 12.4 Å². The minimum Gasteiger partial charge on any atom is -0.322 e. The van der Waals surface area contributed by atoms with Crippen molar-refractivity contribution < 1.29 is 9.18 Å². The van der Waals surface area contributed by atoms with Crippen molar-refractivity contribution in [2.45, 2.75) is 19.4 Å². The quantitative estimate of drug-likeness (QED) is 0.602. The van der Waals surface area contributed by atoms with Gasteiger partial charge in [-0.2, -0.15) is 5.10 Å². The summed E-state index contributed by atoms with van der Waals surface area (Å²) >= 11 is 5.33. The number of carbonyl (C=O) groups excluding carboxylic acids is 1. The number of anilines is 1. The first-order valence-electron chi connectivity index (χ1n) is 4.70. The highest BCUT2D eigenvalue weighted by molar-refractivity contribution is 6.29. The lowest BCUT2D eigenvalue weighted by Gasteiger charge is -1.99.